The Kier molecular flexibility index (Phi) is 3.03. The van der Waals surface area contributed by atoms with Crippen LogP contribution in [0.2, 0.25) is 0 Å². The van der Waals surface area contributed by atoms with Crippen LogP contribution in [0.5, 0.6) is 0 Å². The van der Waals surface area contributed by atoms with Crippen LogP contribution in [0.4, 0.5) is 0 Å². The van der Waals surface area contributed by atoms with Gasteiger partial charge in [0.2, 0.25) is 11.8 Å². The molecule has 0 aliphatic rings. The highest BCUT2D eigenvalue weighted by Gasteiger charge is 2.12. The average molecular weight is 303 g/mol. The summed E-state index contributed by atoms with van der Waals surface area (Å²) in [5, 5.41) is 8.64. The third-order valence-corrected chi connectivity index (χ3v) is 3.98. The predicted octanol–water partition coefficient (Wildman–Crippen LogP) is 2.41. The molecule has 6 nitrogen and oxygen atoms in total. The number of aromatic nitrogens is 2. The molecule has 0 saturated carbocycles. The molecule has 0 N–H and O–H groups in total. The maximum atomic E-state index is 11.4. The second kappa shape index (κ2) is 4.64. The Balaban J connectivity index is 2.32. The van der Waals surface area contributed by atoms with Gasteiger partial charge in [-0.15, -0.1) is 10.2 Å². The van der Waals surface area contributed by atoms with Crippen LogP contribution >= 0.6 is 0 Å². The van der Waals surface area contributed by atoms with Crippen LogP contribution in [0.3, 0.4) is 0 Å². The molecule has 0 radical (unpaired) electrons. The minimum Gasteiger partial charge on any atom is -0.744 e. The number of rotatable bonds is 2. The Labute approximate surface area is 121 Å². The molecule has 0 saturated heterocycles. The van der Waals surface area contributed by atoms with E-state index in [1.807, 2.05) is 6.07 Å². The van der Waals surface area contributed by atoms with Gasteiger partial charge in [-0.1, -0.05) is 12.1 Å². The first-order valence-electron chi connectivity index (χ1n) is 6.15. The summed E-state index contributed by atoms with van der Waals surface area (Å²) in [6.07, 6.45) is 0. The molecular formula is C14H11N2O4S-. The fourth-order valence-corrected chi connectivity index (χ4v) is 3.00. The molecule has 1 heterocycles. The van der Waals surface area contributed by atoms with Gasteiger partial charge >= 0.3 is 0 Å². The fourth-order valence-electron chi connectivity index (χ4n) is 2.22. The second-order valence-electron chi connectivity index (χ2n) is 4.78. The van der Waals surface area contributed by atoms with Crippen molar-refractivity contribution in [2.75, 3.05) is 0 Å². The van der Waals surface area contributed by atoms with Gasteiger partial charge in [0.1, 0.15) is 10.1 Å². The van der Waals surface area contributed by atoms with E-state index in [4.69, 9.17) is 4.42 Å². The Morgan fingerprint density at radius 1 is 1.10 bits per heavy atom. The van der Waals surface area contributed by atoms with Gasteiger partial charge in [0.25, 0.3) is 0 Å². The lowest BCUT2D eigenvalue weighted by molar-refractivity contribution is 0.464. The van der Waals surface area contributed by atoms with Crippen LogP contribution in [-0.4, -0.2) is 23.2 Å². The van der Waals surface area contributed by atoms with Crippen LogP contribution in [-0.2, 0) is 10.1 Å². The van der Waals surface area contributed by atoms with Crippen molar-refractivity contribution in [2.24, 2.45) is 0 Å². The van der Waals surface area contributed by atoms with E-state index in [1.54, 1.807) is 32.0 Å². The van der Waals surface area contributed by atoms with E-state index >= 15 is 0 Å². The molecule has 0 aliphatic heterocycles. The molecule has 0 spiro atoms. The highest BCUT2D eigenvalue weighted by molar-refractivity contribution is 7.86. The predicted molar refractivity (Wildman–Crippen MR) is 74.7 cm³/mol. The second-order valence-corrected chi connectivity index (χ2v) is 6.13. The molecule has 1 aromatic heterocycles. The Bertz CT molecular complexity index is 945. The zero-order valence-corrected chi connectivity index (χ0v) is 12.1. The van der Waals surface area contributed by atoms with Gasteiger partial charge in [0.05, 0.1) is 4.90 Å². The minimum atomic E-state index is -4.56. The van der Waals surface area contributed by atoms with Gasteiger partial charge in [-0.3, -0.25) is 0 Å². The molecule has 0 atom stereocenters. The van der Waals surface area contributed by atoms with Crippen molar-refractivity contribution in [1.82, 2.24) is 10.2 Å². The smallest absolute Gasteiger partial charge is 0.247 e. The van der Waals surface area contributed by atoms with Crippen molar-refractivity contribution in [3.05, 3.63) is 41.8 Å². The maximum Gasteiger partial charge on any atom is 0.247 e. The highest BCUT2D eigenvalue weighted by Crippen LogP contribution is 2.29. The minimum absolute atomic E-state index is 0.240. The van der Waals surface area contributed by atoms with E-state index in [9.17, 15) is 13.0 Å². The molecular weight excluding hydrogens is 292 g/mol. The lowest BCUT2D eigenvalue weighted by atomic mass is 10.0. The summed E-state index contributed by atoms with van der Waals surface area (Å²) in [4.78, 5) is -0.240. The van der Waals surface area contributed by atoms with Crippen molar-refractivity contribution < 1.29 is 17.4 Å². The van der Waals surface area contributed by atoms with Crippen molar-refractivity contribution >= 4 is 20.9 Å². The van der Waals surface area contributed by atoms with Crippen molar-refractivity contribution in [3.63, 3.8) is 0 Å². The number of hydrogen-bond donors (Lipinski definition) is 0. The molecule has 7 heteroatoms. The molecule has 0 amide bonds. The molecule has 0 aliphatic carbocycles. The number of nitrogens with zero attached hydrogens (tertiary/aromatic N) is 2. The van der Waals surface area contributed by atoms with E-state index in [1.165, 1.54) is 6.07 Å². The Hall–Kier alpha value is -2.25. The fraction of sp³-hybridized carbons (Fsp3) is 0.143. The Morgan fingerprint density at radius 3 is 2.48 bits per heavy atom. The first kappa shape index (κ1) is 13.7. The number of aryl methyl sites for hydroxylation is 2. The first-order valence-corrected chi connectivity index (χ1v) is 7.56. The Morgan fingerprint density at radius 2 is 1.86 bits per heavy atom. The molecule has 108 valence electrons. The third kappa shape index (κ3) is 2.53. The molecule has 2 aromatic carbocycles. The van der Waals surface area contributed by atoms with Gasteiger partial charge in [-0.2, -0.15) is 0 Å². The summed E-state index contributed by atoms with van der Waals surface area (Å²) >= 11 is 0. The van der Waals surface area contributed by atoms with E-state index in [0.29, 0.717) is 27.8 Å². The van der Waals surface area contributed by atoms with Gasteiger partial charge in [-0.25, -0.2) is 8.42 Å². The average Bonchev–Trinajstić information content (AvgIpc) is 2.83. The largest absolute Gasteiger partial charge is 0.744 e. The quantitative estimate of drug-likeness (QED) is 0.674. The van der Waals surface area contributed by atoms with Gasteiger partial charge < -0.3 is 8.97 Å². The monoisotopic (exact) mass is 303 g/mol. The number of hydrogen-bond acceptors (Lipinski definition) is 6. The molecule has 0 unspecified atom stereocenters. The lowest BCUT2D eigenvalue weighted by Gasteiger charge is -2.12. The topological polar surface area (TPSA) is 96.1 Å². The van der Waals surface area contributed by atoms with E-state index < -0.39 is 10.1 Å². The SMILES string of the molecule is Cc1cc(S(=O)(=O)[O-])c2cc(-c3nnc(C)o3)ccc2c1. The zero-order chi connectivity index (χ0) is 15.2. The summed E-state index contributed by atoms with van der Waals surface area (Å²) in [7, 11) is -4.56. The maximum absolute atomic E-state index is 11.4. The normalized spacial score (nSPS) is 12.0. The molecule has 0 fully saturated rings. The standard InChI is InChI=1S/C14H12N2O4S/c1-8-5-10-3-4-11(14-16-15-9(2)20-14)7-12(10)13(6-8)21(17,18)19/h3-7H,1-2H3,(H,17,18,19)/p-1. The van der Waals surface area contributed by atoms with Crippen molar-refractivity contribution in [1.29, 1.82) is 0 Å². The van der Waals surface area contributed by atoms with Crippen LogP contribution in [0, 0.1) is 13.8 Å². The highest BCUT2D eigenvalue weighted by atomic mass is 32.2. The first-order chi connectivity index (χ1) is 9.84. The summed E-state index contributed by atoms with van der Waals surface area (Å²) < 4.78 is 39.6. The zero-order valence-electron chi connectivity index (χ0n) is 11.3. The van der Waals surface area contributed by atoms with Crippen LogP contribution < -0.4 is 0 Å². The van der Waals surface area contributed by atoms with Gasteiger partial charge in [-0.05, 0) is 41.5 Å². The van der Waals surface area contributed by atoms with Gasteiger partial charge in [0, 0.05) is 12.5 Å². The van der Waals surface area contributed by atoms with E-state index in [-0.39, 0.29) is 10.8 Å². The van der Waals surface area contributed by atoms with Gasteiger partial charge in [0.15, 0.2) is 0 Å². The van der Waals surface area contributed by atoms with Crippen LogP contribution in [0.1, 0.15) is 11.5 Å². The number of benzene rings is 2. The lowest BCUT2D eigenvalue weighted by Crippen LogP contribution is -2.00. The van der Waals surface area contributed by atoms with Crippen molar-refractivity contribution in [3.8, 4) is 11.5 Å². The summed E-state index contributed by atoms with van der Waals surface area (Å²) in [6.45, 7) is 3.40. The van der Waals surface area contributed by atoms with Crippen LogP contribution in [0.25, 0.3) is 22.2 Å². The molecule has 3 aromatic rings. The van der Waals surface area contributed by atoms with E-state index in [0.717, 1.165) is 0 Å². The third-order valence-electron chi connectivity index (χ3n) is 3.10. The van der Waals surface area contributed by atoms with Crippen LogP contribution in [0.15, 0.2) is 39.6 Å². The molecule has 21 heavy (non-hydrogen) atoms. The molecule has 0 bridgehead atoms. The summed E-state index contributed by atoms with van der Waals surface area (Å²) in [5.74, 6) is 0.690. The summed E-state index contributed by atoms with van der Waals surface area (Å²) in [5.41, 5.74) is 1.27. The van der Waals surface area contributed by atoms with E-state index in [2.05, 4.69) is 10.2 Å². The summed E-state index contributed by atoms with van der Waals surface area (Å²) in [6, 6.07) is 8.23. The van der Waals surface area contributed by atoms with Crippen molar-refractivity contribution in [2.45, 2.75) is 18.7 Å². The number of fused-ring (bicyclic) bond motifs is 1. The molecule has 3 rings (SSSR count).